The second-order valence-corrected chi connectivity index (χ2v) is 6.27. The molecule has 4 nitrogen and oxygen atoms in total. The van der Waals surface area contributed by atoms with Gasteiger partial charge in [0.15, 0.2) is 0 Å². The molecule has 2 atom stereocenters. The number of rotatable bonds is 6. The van der Waals surface area contributed by atoms with Crippen molar-refractivity contribution in [2.75, 3.05) is 32.5 Å². The van der Waals surface area contributed by atoms with Gasteiger partial charge in [-0.3, -0.25) is 4.79 Å². The second-order valence-electron chi connectivity index (χ2n) is 6.27. The molecule has 0 radical (unpaired) electrons. The summed E-state index contributed by atoms with van der Waals surface area (Å²) in [5.74, 6) is 0.566. The second kappa shape index (κ2) is 7.57. The number of carbonyl (C=O) groups excluding carboxylic acids is 1. The fraction of sp³-hybridized carbons (Fsp3) is 0.588. The molecule has 1 aliphatic carbocycles. The number of carbonyl (C=O) groups is 1. The lowest BCUT2D eigenvalue weighted by molar-refractivity contribution is -0.120. The van der Waals surface area contributed by atoms with Crippen molar-refractivity contribution in [2.24, 2.45) is 17.6 Å². The Labute approximate surface area is 127 Å². The van der Waals surface area contributed by atoms with Crippen LogP contribution >= 0.6 is 0 Å². The summed E-state index contributed by atoms with van der Waals surface area (Å²) in [6, 6.07) is 8.17. The van der Waals surface area contributed by atoms with E-state index in [1.165, 1.54) is 5.56 Å². The van der Waals surface area contributed by atoms with E-state index >= 15 is 0 Å². The molecule has 2 rings (SSSR count). The molecule has 1 amide bonds. The molecule has 0 saturated heterocycles. The zero-order chi connectivity index (χ0) is 15.2. The van der Waals surface area contributed by atoms with Crippen molar-refractivity contribution in [1.82, 2.24) is 4.90 Å². The summed E-state index contributed by atoms with van der Waals surface area (Å²) in [7, 11) is 4.15. The summed E-state index contributed by atoms with van der Waals surface area (Å²) in [5, 5.41) is 3.04. The van der Waals surface area contributed by atoms with Gasteiger partial charge < -0.3 is 16.0 Å². The number of amides is 1. The van der Waals surface area contributed by atoms with Gasteiger partial charge in [0, 0.05) is 18.2 Å². The molecule has 1 aromatic rings. The van der Waals surface area contributed by atoms with Crippen molar-refractivity contribution in [3.63, 3.8) is 0 Å². The molecule has 0 unspecified atom stereocenters. The Bertz CT molecular complexity index is 456. The van der Waals surface area contributed by atoms with Crippen molar-refractivity contribution < 1.29 is 4.79 Å². The predicted octanol–water partition coefficient (Wildman–Crippen LogP) is 2.10. The van der Waals surface area contributed by atoms with Crippen LogP contribution in [-0.4, -0.2) is 38.0 Å². The van der Waals surface area contributed by atoms with Gasteiger partial charge in [-0.05, 0) is 63.5 Å². The van der Waals surface area contributed by atoms with Gasteiger partial charge in [-0.15, -0.1) is 0 Å². The molecule has 0 aromatic heterocycles. The van der Waals surface area contributed by atoms with Gasteiger partial charge in [-0.2, -0.15) is 0 Å². The molecule has 0 heterocycles. The topological polar surface area (TPSA) is 58.4 Å². The van der Waals surface area contributed by atoms with Crippen LogP contribution in [0.1, 0.15) is 24.8 Å². The molecule has 0 aliphatic heterocycles. The monoisotopic (exact) mass is 289 g/mol. The summed E-state index contributed by atoms with van der Waals surface area (Å²) in [6.45, 7) is 1.65. The third-order valence-electron chi connectivity index (χ3n) is 4.37. The number of nitrogens with two attached hydrogens (primary N) is 1. The predicted molar refractivity (Wildman–Crippen MR) is 87.2 cm³/mol. The Morgan fingerprint density at radius 1 is 1.29 bits per heavy atom. The Kier molecular flexibility index (Phi) is 5.76. The number of benzene rings is 1. The van der Waals surface area contributed by atoms with Gasteiger partial charge in [-0.25, -0.2) is 0 Å². The van der Waals surface area contributed by atoms with E-state index in [2.05, 4.69) is 36.4 Å². The molecule has 1 aliphatic rings. The quantitative estimate of drug-likeness (QED) is 0.843. The van der Waals surface area contributed by atoms with Gasteiger partial charge in [0.05, 0.1) is 0 Å². The highest BCUT2D eigenvalue weighted by Gasteiger charge is 2.31. The van der Waals surface area contributed by atoms with Gasteiger partial charge in [0.2, 0.25) is 5.91 Å². The van der Waals surface area contributed by atoms with Gasteiger partial charge >= 0.3 is 0 Å². The van der Waals surface area contributed by atoms with Crippen LogP contribution in [0.25, 0.3) is 0 Å². The Morgan fingerprint density at radius 2 is 2.00 bits per heavy atom. The maximum Gasteiger partial charge on any atom is 0.227 e. The molecule has 21 heavy (non-hydrogen) atoms. The number of hydrogen-bond donors (Lipinski definition) is 2. The van der Waals surface area contributed by atoms with Crippen LogP contribution in [0.4, 0.5) is 5.69 Å². The van der Waals surface area contributed by atoms with Gasteiger partial charge in [0.25, 0.3) is 0 Å². The smallest absolute Gasteiger partial charge is 0.227 e. The van der Waals surface area contributed by atoms with E-state index < -0.39 is 0 Å². The van der Waals surface area contributed by atoms with E-state index in [4.69, 9.17) is 5.73 Å². The average molecular weight is 289 g/mol. The zero-order valence-electron chi connectivity index (χ0n) is 13.1. The molecule has 1 fully saturated rings. The molecule has 1 aromatic carbocycles. The zero-order valence-corrected chi connectivity index (χ0v) is 13.1. The first kappa shape index (κ1) is 16.0. The first-order valence-electron chi connectivity index (χ1n) is 7.84. The largest absolute Gasteiger partial charge is 0.330 e. The van der Waals surface area contributed by atoms with Crippen LogP contribution < -0.4 is 11.1 Å². The van der Waals surface area contributed by atoms with E-state index in [0.717, 1.165) is 37.9 Å². The van der Waals surface area contributed by atoms with Crippen LogP contribution in [0, 0.1) is 11.8 Å². The summed E-state index contributed by atoms with van der Waals surface area (Å²) >= 11 is 0. The minimum atomic E-state index is 0.0865. The summed E-state index contributed by atoms with van der Waals surface area (Å²) in [6.07, 6.45) is 4.19. The van der Waals surface area contributed by atoms with E-state index in [1.54, 1.807) is 0 Å². The highest BCUT2D eigenvalue weighted by molar-refractivity contribution is 5.92. The van der Waals surface area contributed by atoms with E-state index in [0.29, 0.717) is 12.5 Å². The standard InChI is InChI=1S/C17H27N3O/c1-20(2)11-10-13-6-8-15(9-7-13)19-17(21)16-5-3-4-14(16)12-18/h6-9,14,16H,3-5,10-12,18H2,1-2H3,(H,19,21)/t14-,16-/m1/s1. The molecule has 116 valence electrons. The molecule has 4 heteroatoms. The summed E-state index contributed by atoms with van der Waals surface area (Å²) < 4.78 is 0. The highest BCUT2D eigenvalue weighted by Crippen LogP contribution is 2.31. The molecular weight excluding hydrogens is 262 g/mol. The van der Waals surface area contributed by atoms with Gasteiger partial charge in [0.1, 0.15) is 0 Å². The summed E-state index contributed by atoms with van der Waals surface area (Å²) in [5.41, 5.74) is 7.93. The first-order chi connectivity index (χ1) is 10.1. The fourth-order valence-corrected chi connectivity index (χ4v) is 3.01. The maximum absolute atomic E-state index is 12.3. The van der Waals surface area contributed by atoms with E-state index in [9.17, 15) is 4.79 Å². The van der Waals surface area contributed by atoms with E-state index in [1.807, 2.05) is 12.1 Å². The number of nitrogens with one attached hydrogen (secondary N) is 1. The fourth-order valence-electron chi connectivity index (χ4n) is 3.01. The summed E-state index contributed by atoms with van der Waals surface area (Å²) in [4.78, 5) is 14.5. The number of anilines is 1. The lowest BCUT2D eigenvalue weighted by Gasteiger charge is -2.17. The van der Waals surface area contributed by atoms with Crippen molar-refractivity contribution in [3.05, 3.63) is 29.8 Å². The number of hydrogen-bond acceptors (Lipinski definition) is 3. The molecule has 0 spiro atoms. The van der Waals surface area contributed by atoms with Crippen molar-refractivity contribution in [2.45, 2.75) is 25.7 Å². The number of nitrogens with zero attached hydrogens (tertiary/aromatic N) is 1. The Balaban J connectivity index is 1.89. The van der Waals surface area contributed by atoms with Gasteiger partial charge in [-0.1, -0.05) is 18.6 Å². The van der Waals surface area contributed by atoms with Crippen molar-refractivity contribution in [1.29, 1.82) is 0 Å². The van der Waals surface area contributed by atoms with Crippen LogP contribution in [0.5, 0.6) is 0 Å². The molecular formula is C17H27N3O. The molecule has 0 bridgehead atoms. The molecule has 3 N–H and O–H groups in total. The van der Waals surface area contributed by atoms with Crippen LogP contribution in [0.2, 0.25) is 0 Å². The molecule has 1 saturated carbocycles. The van der Waals surface area contributed by atoms with Crippen molar-refractivity contribution >= 4 is 11.6 Å². The Morgan fingerprint density at radius 3 is 2.62 bits per heavy atom. The minimum Gasteiger partial charge on any atom is -0.330 e. The third-order valence-corrected chi connectivity index (χ3v) is 4.37. The van der Waals surface area contributed by atoms with Crippen LogP contribution in [-0.2, 0) is 11.2 Å². The average Bonchev–Trinajstić information content (AvgIpc) is 2.95. The van der Waals surface area contributed by atoms with Crippen LogP contribution in [0.15, 0.2) is 24.3 Å². The normalized spacial score (nSPS) is 21.7. The Hall–Kier alpha value is -1.39. The van der Waals surface area contributed by atoms with E-state index in [-0.39, 0.29) is 11.8 Å². The SMILES string of the molecule is CN(C)CCc1ccc(NC(=O)[C@@H]2CCC[C@@H]2CN)cc1. The third kappa shape index (κ3) is 4.55. The minimum absolute atomic E-state index is 0.0865. The highest BCUT2D eigenvalue weighted by atomic mass is 16.1. The van der Waals surface area contributed by atoms with Crippen molar-refractivity contribution in [3.8, 4) is 0 Å². The first-order valence-corrected chi connectivity index (χ1v) is 7.84. The lowest BCUT2D eigenvalue weighted by Crippen LogP contribution is -2.29. The maximum atomic E-state index is 12.3. The number of likely N-dealkylation sites (N-methyl/N-ethyl adjacent to an activating group) is 1. The lowest BCUT2D eigenvalue weighted by atomic mass is 9.95. The van der Waals surface area contributed by atoms with Crippen LogP contribution in [0.3, 0.4) is 0 Å².